The van der Waals surface area contributed by atoms with E-state index in [9.17, 15) is 14.7 Å². The number of hydrogen-bond donors (Lipinski definition) is 1. The third kappa shape index (κ3) is 2.79. The maximum absolute atomic E-state index is 12.6. The first-order chi connectivity index (χ1) is 11.6. The molecular formula is C18H20N2O4. The molecule has 2 aromatic rings. The molecule has 1 aromatic heterocycles. The van der Waals surface area contributed by atoms with Gasteiger partial charge >= 0.3 is 5.97 Å². The van der Waals surface area contributed by atoms with Gasteiger partial charge in [-0.2, -0.15) is 0 Å². The Kier molecular flexibility index (Phi) is 4.38. The van der Waals surface area contributed by atoms with Crippen molar-refractivity contribution in [2.24, 2.45) is 0 Å². The van der Waals surface area contributed by atoms with Crippen LogP contribution in [0.15, 0.2) is 40.9 Å². The molecule has 1 aliphatic rings. The van der Waals surface area contributed by atoms with Crippen molar-refractivity contribution >= 4 is 11.9 Å². The standard InChI is InChI=1S/C18H20N2O4/c1-2-6-14-11-15(19-24-14)16(21)20-10-9-18(12-20,17(22)23)13-7-4-3-5-8-13/h3-5,7-8,11H,2,6,9-10,12H2,1H3,(H,22,23). The van der Waals surface area contributed by atoms with Crippen LogP contribution in [0.4, 0.5) is 0 Å². The van der Waals surface area contributed by atoms with Crippen LogP contribution in [0, 0.1) is 0 Å². The maximum atomic E-state index is 12.6. The lowest BCUT2D eigenvalue weighted by Gasteiger charge is -2.25. The lowest BCUT2D eigenvalue weighted by Crippen LogP contribution is -2.40. The number of carbonyl (C=O) groups is 2. The molecule has 6 heteroatoms. The van der Waals surface area contributed by atoms with Crippen molar-refractivity contribution < 1.29 is 19.2 Å². The largest absolute Gasteiger partial charge is 0.481 e. The molecule has 1 atom stereocenters. The summed E-state index contributed by atoms with van der Waals surface area (Å²) in [5, 5.41) is 13.6. The number of carboxylic acids is 1. The number of amides is 1. The van der Waals surface area contributed by atoms with Gasteiger partial charge in [-0.15, -0.1) is 0 Å². The van der Waals surface area contributed by atoms with Gasteiger partial charge in [-0.1, -0.05) is 42.4 Å². The molecule has 1 N–H and O–H groups in total. The minimum absolute atomic E-state index is 0.140. The van der Waals surface area contributed by atoms with Gasteiger partial charge in [0.25, 0.3) is 5.91 Å². The third-order valence-electron chi connectivity index (χ3n) is 4.57. The normalized spacial score (nSPS) is 20.3. The predicted molar refractivity (Wildman–Crippen MR) is 86.8 cm³/mol. The van der Waals surface area contributed by atoms with Crippen LogP contribution in [0.3, 0.4) is 0 Å². The van der Waals surface area contributed by atoms with Gasteiger partial charge in [-0.3, -0.25) is 9.59 Å². The summed E-state index contributed by atoms with van der Waals surface area (Å²) in [7, 11) is 0. The Morgan fingerprint density at radius 1 is 1.33 bits per heavy atom. The molecule has 1 aliphatic heterocycles. The van der Waals surface area contributed by atoms with Gasteiger partial charge in [0.1, 0.15) is 11.2 Å². The molecule has 1 aromatic carbocycles. The number of carboxylic acid groups (broad SMARTS) is 1. The van der Waals surface area contributed by atoms with Crippen molar-refractivity contribution in [2.45, 2.75) is 31.6 Å². The number of aryl methyl sites for hydroxylation is 1. The summed E-state index contributed by atoms with van der Waals surface area (Å²) in [4.78, 5) is 26.1. The number of hydrogen-bond acceptors (Lipinski definition) is 4. The molecular weight excluding hydrogens is 308 g/mol. The highest BCUT2D eigenvalue weighted by Gasteiger charge is 2.48. The van der Waals surface area contributed by atoms with Crippen molar-refractivity contribution in [3.05, 3.63) is 53.4 Å². The van der Waals surface area contributed by atoms with Gasteiger partial charge in [0.2, 0.25) is 0 Å². The van der Waals surface area contributed by atoms with Crippen LogP contribution >= 0.6 is 0 Å². The van der Waals surface area contributed by atoms with E-state index in [4.69, 9.17) is 4.52 Å². The summed E-state index contributed by atoms with van der Waals surface area (Å²) in [6.07, 6.45) is 2.02. The molecule has 1 saturated heterocycles. The summed E-state index contributed by atoms with van der Waals surface area (Å²) in [5.74, 6) is -0.511. The average molecular weight is 328 g/mol. The predicted octanol–water partition coefficient (Wildman–Crippen LogP) is 2.50. The molecule has 0 aliphatic carbocycles. The van der Waals surface area contributed by atoms with E-state index in [1.54, 1.807) is 23.1 Å². The van der Waals surface area contributed by atoms with Crippen LogP contribution in [-0.4, -0.2) is 40.1 Å². The third-order valence-corrected chi connectivity index (χ3v) is 4.57. The maximum Gasteiger partial charge on any atom is 0.316 e. The highest BCUT2D eigenvalue weighted by atomic mass is 16.5. The fraction of sp³-hybridized carbons (Fsp3) is 0.389. The highest BCUT2D eigenvalue weighted by molar-refractivity contribution is 5.94. The summed E-state index contributed by atoms with van der Waals surface area (Å²) in [6.45, 7) is 2.54. The van der Waals surface area contributed by atoms with E-state index >= 15 is 0 Å². The first-order valence-electron chi connectivity index (χ1n) is 8.10. The summed E-state index contributed by atoms with van der Waals surface area (Å²) in [6, 6.07) is 10.7. The zero-order chi connectivity index (χ0) is 17.2. The monoisotopic (exact) mass is 328 g/mol. The molecule has 2 heterocycles. The van der Waals surface area contributed by atoms with E-state index in [1.165, 1.54) is 0 Å². The topological polar surface area (TPSA) is 83.6 Å². The second kappa shape index (κ2) is 6.47. The second-order valence-electron chi connectivity index (χ2n) is 6.16. The molecule has 0 bridgehead atoms. The van der Waals surface area contributed by atoms with Crippen molar-refractivity contribution in [3.8, 4) is 0 Å². The van der Waals surface area contributed by atoms with E-state index in [0.717, 1.165) is 18.4 Å². The number of aliphatic carboxylic acids is 1. The van der Waals surface area contributed by atoms with Gasteiger partial charge in [0.15, 0.2) is 5.69 Å². The van der Waals surface area contributed by atoms with Crippen LogP contribution in [0.2, 0.25) is 0 Å². The zero-order valence-electron chi connectivity index (χ0n) is 13.6. The van der Waals surface area contributed by atoms with Crippen molar-refractivity contribution in [1.82, 2.24) is 10.1 Å². The molecule has 3 rings (SSSR count). The average Bonchev–Trinajstić information content (AvgIpc) is 3.23. The molecule has 1 amide bonds. The molecule has 0 saturated carbocycles. The number of carbonyl (C=O) groups excluding carboxylic acids is 1. The van der Waals surface area contributed by atoms with Gasteiger partial charge in [-0.25, -0.2) is 0 Å². The molecule has 6 nitrogen and oxygen atoms in total. The van der Waals surface area contributed by atoms with E-state index in [2.05, 4.69) is 5.16 Å². The lowest BCUT2D eigenvalue weighted by molar-refractivity contribution is -0.143. The van der Waals surface area contributed by atoms with Crippen LogP contribution in [0.5, 0.6) is 0 Å². The van der Waals surface area contributed by atoms with Crippen LogP contribution in [0.1, 0.15) is 41.6 Å². The van der Waals surface area contributed by atoms with Crippen molar-refractivity contribution in [1.29, 1.82) is 0 Å². The number of rotatable bonds is 5. The minimum Gasteiger partial charge on any atom is -0.481 e. The molecule has 126 valence electrons. The second-order valence-corrected chi connectivity index (χ2v) is 6.16. The first kappa shape index (κ1) is 16.2. The van der Waals surface area contributed by atoms with E-state index in [1.807, 2.05) is 25.1 Å². The Morgan fingerprint density at radius 2 is 2.08 bits per heavy atom. The Labute approximate surface area is 140 Å². The molecule has 1 unspecified atom stereocenters. The quantitative estimate of drug-likeness (QED) is 0.911. The van der Waals surface area contributed by atoms with Crippen LogP contribution < -0.4 is 0 Å². The van der Waals surface area contributed by atoms with Gasteiger partial charge in [0, 0.05) is 25.6 Å². The summed E-state index contributed by atoms with van der Waals surface area (Å²) >= 11 is 0. The van der Waals surface area contributed by atoms with Crippen molar-refractivity contribution in [3.63, 3.8) is 0 Å². The Hall–Kier alpha value is -2.63. The molecule has 24 heavy (non-hydrogen) atoms. The SMILES string of the molecule is CCCc1cc(C(=O)N2CCC(C(=O)O)(c3ccccc3)C2)no1. The van der Waals surface area contributed by atoms with E-state index in [0.29, 0.717) is 18.7 Å². The smallest absolute Gasteiger partial charge is 0.316 e. The number of nitrogens with zero attached hydrogens (tertiary/aromatic N) is 2. The van der Waals surface area contributed by atoms with Gasteiger partial charge < -0.3 is 14.5 Å². The fourth-order valence-corrected chi connectivity index (χ4v) is 3.21. The first-order valence-corrected chi connectivity index (χ1v) is 8.10. The van der Waals surface area contributed by atoms with E-state index < -0.39 is 11.4 Å². The van der Waals surface area contributed by atoms with Gasteiger partial charge in [0.05, 0.1) is 0 Å². The number of aromatic nitrogens is 1. The van der Waals surface area contributed by atoms with Crippen LogP contribution in [-0.2, 0) is 16.6 Å². The summed E-state index contributed by atoms with van der Waals surface area (Å²) in [5.41, 5.74) is -0.0975. The Morgan fingerprint density at radius 3 is 2.75 bits per heavy atom. The molecule has 1 fully saturated rings. The number of benzene rings is 1. The van der Waals surface area contributed by atoms with Crippen molar-refractivity contribution in [2.75, 3.05) is 13.1 Å². The minimum atomic E-state index is -1.06. The molecule has 0 radical (unpaired) electrons. The highest BCUT2D eigenvalue weighted by Crippen LogP contribution is 2.35. The fourth-order valence-electron chi connectivity index (χ4n) is 3.21. The summed E-state index contributed by atoms with van der Waals surface area (Å²) < 4.78 is 5.16. The van der Waals surface area contributed by atoms with Crippen LogP contribution in [0.25, 0.3) is 0 Å². The van der Waals surface area contributed by atoms with E-state index in [-0.39, 0.29) is 18.1 Å². The Bertz CT molecular complexity index is 740. The lowest BCUT2D eigenvalue weighted by atomic mass is 9.80. The zero-order valence-corrected chi connectivity index (χ0v) is 13.6. The Balaban J connectivity index is 1.82. The molecule has 0 spiro atoms. The van der Waals surface area contributed by atoms with Gasteiger partial charge in [-0.05, 0) is 18.4 Å². The number of likely N-dealkylation sites (tertiary alicyclic amines) is 1.